The summed E-state index contributed by atoms with van der Waals surface area (Å²) in [5.41, 5.74) is 1.26. The van der Waals surface area contributed by atoms with Crippen molar-refractivity contribution < 1.29 is 20.1 Å². The Kier molecular flexibility index (Phi) is 7.44. The van der Waals surface area contributed by atoms with E-state index < -0.39 is 11.9 Å². The average molecular weight is 473 g/mol. The highest BCUT2D eigenvalue weighted by molar-refractivity contribution is 6.09. The van der Waals surface area contributed by atoms with Crippen LogP contribution in [0.15, 0.2) is 72.8 Å². The number of phenolic OH excluding ortho intramolecular Hbond substituents is 2. The molecule has 0 bridgehead atoms. The van der Waals surface area contributed by atoms with Gasteiger partial charge in [-0.3, -0.25) is 4.79 Å². The highest BCUT2D eigenvalue weighted by Gasteiger charge is 2.28. The van der Waals surface area contributed by atoms with Crippen molar-refractivity contribution in [3.63, 3.8) is 0 Å². The van der Waals surface area contributed by atoms with E-state index in [2.05, 4.69) is 12.1 Å². The molecule has 4 heteroatoms. The van der Waals surface area contributed by atoms with Gasteiger partial charge in [0, 0.05) is 5.39 Å². The molecule has 4 aromatic carbocycles. The number of hydrogen-bond acceptors (Lipinski definition) is 3. The predicted molar refractivity (Wildman–Crippen MR) is 144 cm³/mol. The minimum Gasteiger partial charge on any atom is -0.508 e. The molecule has 0 heterocycles. The standard InChI is InChI=1S/C17H26O3.C14H10O/c1-16(2,3)10-12(15(19)20)11-7-8-14(18)13(9-11)17(4,5)6;15-14-7-3-6-12-11-5-2-1-4-10(11)8-9-13(12)14/h7-9,12,18H,10H2,1-6H3,(H,19,20);1-9,15H. The van der Waals surface area contributed by atoms with Crippen LogP contribution < -0.4 is 0 Å². The molecule has 0 aliphatic heterocycles. The summed E-state index contributed by atoms with van der Waals surface area (Å²) in [5, 5.41) is 33.6. The summed E-state index contributed by atoms with van der Waals surface area (Å²) in [5.74, 6) is -0.790. The molecule has 4 aromatic rings. The summed E-state index contributed by atoms with van der Waals surface area (Å²) in [6, 6.07) is 23.0. The summed E-state index contributed by atoms with van der Waals surface area (Å²) in [4.78, 5) is 11.6. The lowest BCUT2D eigenvalue weighted by atomic mass is 9.79. The van der Waals surface area contributed by atoms with Crippen LogP contribution in [0, 0.1) is 5.41 Å². The van der Waals surface area contributed by atoms with Gasteiger partial charge in [-0.15, -0.1) is 0 Å². The van der Waals surface area contributed by atoms with E-state index in [4.69, 9.17) is 0 Å². The molecule has 0 aliphatic carbocycles. The Morgan fingerprint density at radius 1 is 0.743 bits per heavy atom. The maximum absolute atomic E-state index is 11.6. The van der Waals surface area contributed by atoms with Crippen LogP contribution in [0.4, 0.5) is 0 Å². The molecule has 0 saturated heterocycles. The van der Waals surface area contributed by atoms with Crippen LogP contribution in [0.3, 0.4) is 0 Å². The highest BCUT2D eigenvalue weighted by Crippen LogP contribution is 2.37. The number of aromatic hydroxyl groups is 2. The van der Waals surface area contributed by atoms with Crippen molar-refractivity contribution >= 4 is 27.5 Å². The molecule has 1 unspecified atom stereocenters. The van der Waals surface area contributed by atoms with Gasteiger partial charge in [0.15, 0.2) is 0 Å². The first-order valence-corrected chi connectivity index (χ1v) is 11.9. The van der Waals surface area contributed by atoms with Crippen LogP contribution in [0.1, 0.15) is 65.0 Å². The fourth-order valence-electron chi connectivity index (χ4n) is 4.36. The fraction of sp³-hybridized carbons (Fsp3) is 0.323. The van der Waals surface area contributed by atoms with E-state index in [0.717, 1.165) is 21.9 Å². The Labute approximate surface area is 207 Å². The number of aliphatic carboxylic acids is 1. The van der Waals surface area contributed by atoms with Gasteiger partial charge in [-0.1, -0.05) is 102 Å². The Morgan fingerprint density at radius 2 is 1.40 bits per heavy atom. The van der Waals surface area contributed by atoms with Gasteiger partial charge in [-0.25, -0.2) is 0 Å². The number of hydrogen-bond donors (Lipinski definition) is 3. The van der Waals surface area contributed by atoms with Gasteiger partial charge in [0.1, 0.15) is 11.5 Å². The van der Waals surface area contributed by atoms with Crippen LogP contribution in [0.5, 0.6) is 11.5 Å². The molecule has 0 amide bonds. The van der Waals surface area contributed by atoms with Crippen molar-refractivity contribution in [1.82, 2.24) is 0 Å². The lowest BCUT2D eigenvalue weighted by molar-refractivity contribution is -0.139. The Hall–Kier alpha value is -3.53. The van der Waals surface area contributed by atoms with Gasteiger partial charge in [0.05, 0.1) is 5.92 Å². The second-order valence-corrected chi connectivity index (χ2v) is 11.3. The van der Waals surface area contributed by atoms with Crippen LogP contribution in [0.25, 0.3) is 21.5 Å². The molecule has 184 valence electrons. The molecular weight excluding hydrogens is 436 g/mol. The molecule has 0 aliphatic rings. The van der Waals surface area contributed by atoms with Crippen LogP contribution in [0.2, 0.25) is 0 Å². The Balaban J connectivity index is 0.000000202. The number of fused-ring (bicyclic) bond motifs is 3. The first-order valence-electron chi connectivity index (χ1n) is 11.9. The van der Waals surface area contributed by atoms with E-state index in [0.29, 0.717) is 12.2 Å². The maximum atomic E-state index is 11.6. The van der Waals surface area contributed by atoms with Crippen LogP contribution >= 0.6 is 0 Å². The molecule has 4 rings (SSSR count). The number of carboxylic acid groups (broad SMARTS) is 1. The topological polar surface area (TPSA) is 77.8 Å². The van der Waals surface area contributed by atoms with Gasteiger partial charge in [-0.05, 0) is 56.7 Å². The monoisotopic (exact) mass is 472 g/mol. The molecule has 0 spiro atoms. The van der Waals surface area contributed by atoms with Crippen molar-refractivity contribution in [2.75, 3.05) is 0 Å². The largest absolute Gasteiger partial charge is 0.508 e. The van der Waals surface area contributed by atoms with Crippen LogP contribution in [-0.2, 0) is 10.2 Å². The SMILES string of the molecule is CC(C)(C)CC(C(=O)O)c1ccc(O)c(C(C)(C)C)c1.Oc1cccc2c1ccc1ccccc12. The molecule has 0 fully saturated rings. The third-order valence-electron chi connectivity index (χ3n) is 6.11. The first kappa shape index (κ1) is 26.1. The van der Waals surface area contributed by atoms with E-state index in [9.17, 15) is 20.1 Å². The minimum atomic E-state index is -0.814. The van der Waals surface area contributed by atoms with Gasteiger partial charge in [0.25, 0.3) is 0 Å². The van der Waals surface area contributed by atoms with Crippen molar-refractivity contribution in [3.8, 4) is 11.5 Å². The lowest BCUT2D eigenvalue weighted by Crippen LogP contribution is -2.20. The van der Waals surface area contributed by atoms with Crippen molar-refractivity contribution in [3.05, 3.63) is 83.9 Å². The summed E-state index contributed by atoms with van der Waals surface area (Å²) in [7, 11) is 0. The quantitative estimate of drug-likeness (QED) is 0.264. The minimum absolute atomic E-state index is 0.0666. The van der Waals surface area contributed by atoms with Gasteiger partial charge in [0.2, 0.25) is 0 Å². The van der Waals surface area contributed by atoms with Crippen LogP contribution in [-0.4, -0.2) is 21.3 Å². The maximum Gasteiger partial charge on any atom is 0.310 e. The molecule has 0 aromatic heterocycles. The zero-order chi connectivity index (χ0) is 26.0. The van der Waals surface area contributed by atoms with Gasteiger partial charge >= 0.3 is 5.97 Å². The summed E-state index contributed by atoms with van der Waals surface area (Å²) in [6.07, 6.45) is 0.566. The number of benzene rings is 4. The van der Waals surface area contributed by atoms with E-state index in [-0.39, 0.29) is 16.6 Å². The molecule has 1 atom stereocenters. The molecule has 3 N–H and O–H groups in total. The lowest BCUT2D eigenvalue weighted by Gasteiger charge is -2.26. The second-order valence-electron chi connectivity index (χ2n) is 11.3. The molecule has 35 heavy (non-hydrogen) atoms. The average Bonchev–Trinajstić information content (AvgIpc) is 2.77. The molecule has 0 radical (unpaired) electrons. The van der Waals surface area contributed by atoms with Crippen molar-refractivity contribution in [2.24, 2.45) is 5.41 Å². The number of rotatable bonds is 3. The fourth-order valence-corrected chi connectivity index (χ4v) is 4.36. The van der Waals surface area contributed by atoms with E-state index >= 15 is 0 Å². The molecule has 0 saturated carbocycles. The summed E-state index contributed by atoms with van der Waals surface area (Å²) in [6.45, 7) is 12.1. The van der Waals surface area contributed by atoms with Crippen molar-refractivity contribution in [2.45, 2.75) is 59.3 Å². The van der Waals surface area contributed by atoms with E-state index in [1.54, 1.807) is 18.2 Å². The van der Waals surface area contributed by atoms with E-state index in [1.807, 2.05) is 84.0 Å². The van der Waals surface area contributed by atoms with E-state index in [1.165, 1.54) is 10.8 Å². The number of phenols is 2. The molecule has 4 nitrogen and oxygen atoms in total. The molecular formula is C31H36O4. The first-order chi connectivity index (χ1) is 16.3. The zero-order valence-corrected chi connectivity index (χ0v) is 21.5. The summed E-state index contributed by atoms with van der Waals surface area (Å²) >= 11 is 0. The van der Waals surface area contributed by atoms with Gasteiger partial charge in [-0.2, -0.15) is 0 Å². The third-order valence-corrected chi connectivity index (χ3v) is 6.11. The third kappa shape index (κ3) is 6.33. The van der Waals surface area contributed by atoms with Crippen molar-refractivity contribution in [1.29, 1.82) is 0 Å². The van der Waals surface area contributed by atoms with Gasteiger partial charge < -0.3 is 15.3 Å². The Morgan fingerprint density at radius 3 is 2.03 bits per heavy atom. The number of carboxylic acids is 1. The smallest absolute Gasteiger partial charge is 0.310 e. The second kappa shape index (κ2) is 9.99. The zero-order valence-electron chi connectivity index (χ0n) is 21.5. The highest BCUT2D eigenvalue weighted by atomic mass is 16.4. The summed E-state index contributed by atoms with van der Waals surface area (Å²) < 4.78 is 0. The Bertz CT molecular complexity index is 1340. The normalized spacial score (nSPS) is 12.7. The number of carbonyl (C=O) groups is 1. The predicted octanol–water partition coefficient (Wildman–Crippen LogP) is 7.99.